The Kier molecular flexibility index (Phi) is 8.39. The number of rotatable bonds is 6. The van der Waals surface area contributed by atoms with Crippen LogP contribution in [0.1, 0.15) is 12.5 Å². The van der Waals surface area contributed by atoms with Gasteiger partial charge in [0.1, 0.15) is 48.5 Å². The van der Waals surface area contributed by atoms with Crippen molar-refractivity contribution in [1.82, 2.24) is 0 Å². The Balaban J connectivity index is 1.40. The number of phenols is 1. The number of hydrogen-bond acceptors (Lipinski definition) is 14. The number of phenolic OH excluding ortho intramolecular Hbond substituents is 1. The molecule has 0 saturated carbocycles. The van der Waals surface area contributed by atoms with E-state index >= 15 is 0 Å². The van der Waals surface area contributed by atoms with E-state index in [-0.39, 0.29) is 22.8 Å². The van der Waals surface area contributed by atoms with E-state index in [4.69, 9.17) is 18.9 Å². The van der Waals surface area contributed by atoms with Gasteiger partial charge in [-0.25, -0.2) is 0 Å². The molecule has 2 saturated heterocycles. The van der Waals surface area contributed by atoms with Crippen LogP contribution in [0, 0.1) is 0 Å². The van der Waals surface area contributed by atoms with E-state index < -0.39 is 91.4 Å². The number of aromatic hydroxyl groups is 1. The van der Waals surface area contributed by atoms with Crippen LogP contribution in [0.2, 0.25) is 0 Å². The standard InChI is InChI=1S/C27H32O15/c1-9-17(30)21(34)23(36)26(39-9)38-8-16-20(33)22(35)24(37)27(42-16)41-15-6-12-14(7-13(29)19(32)18(12)31)40-25(15)10-2-4-11(28)5-3-10/h2-7,9,14,16-17,20-24,26-37H,8H2,1H3/p+1. The van der Waals surface area contributed by atoms with E-state index in [1.807, 2.05) is 0 Å². The summed E-state index contributed by atoms with van der Waals surface area (Å²) in [6.45, 7) is 0.941. The number of aliphatic hydroxyl groups excluding tert-OH is 9. The minimum Gasteiger partial charge on any atom is -0.571 e. The van der Waals surface area contributed by atoms with Crippen LogP contribution < -0.4 is 0 Å². The molecule has 3 aliphatic heterocycles. The number of benzene rings is 1. The summed E-state index contributed by atoms with van der Waals surface area (Å²) in [5.41, 5.74) is 0.445. The third kappa shape index (κ3) is 5.54. The zero-order valence-corrected chi connectivity index (χ0v) is 22.1. The number of ether oxygens (including phenoxy) is 5. The highest BCUT2D eigenvalue weighted by Gasteiger charge is 2.48. The topological polar surface area (TPSA) is 252 Å². The van der Waals surface area contributed by atoms with Crippen molar-refractivity contribution >= 4 is 5.76 Å². The van der Waals surface area contributed by atoms with E-state index in [1.54, 1.807) is 0 Å². The molecule has 1 aromatic rings. The van der Waals surface area contributed by atoms with Crippen LogP contribution in [0.5, 0.6) is 5.75 Å². The van der Waals surface area contributed by atoms with Crippen LogP contribution in [0.15, 0.2) is 65.0 Å². The Bertz CT molecular complexity index is 1290. The molecule has 2 fully saturated rings. The molecular weight excluding hydrogens is 564 g/mol. The summed E-state index contributed by atoms with van der Waals surface area (Å²) in [6.07, 6.45) is -13.7. The maximum atomic E-state index is 10.7. The van der Waals surface area contributed by atoms with E-state index in [9.17, 15) is 51.1 Å². The maximum absolute atomic E-state index is 10.7. The molecule has 0 spiro atoms. The summed E-state index contributed by atoms with van der Waals surface area (Å²) >= 11 is 0. The number of allylic oxidation sites excluding steroid dienone is 1. The fourth-order valence-corrected chi connectivity index (χ4v) is 4.93. The molecule has 15 heteroatoms. The Morgan fingerprint density at radius 1 is 0.762 bits per heavy atom. The Hall–Kier alpha value is -3.38. The first-order chi connectivity index (χ1) is 19.9. The third-order valence-electron chi connectivity index (χ3n) is 7.45. The lowest BCUT2D eigenvalue weighted by Crippen LogP contribution is -2.61. The van der Waals surface area contributed by atoms with Gasteiger partial charge in [0.25, 0.3) is 0 Å². The molecule has 1 aliphatic carbocycles. The number of hydrogen-bond donors (Lipinski definition) is 10. The summed E-state index contributed by atoms with van der Waals surface area (Å²) < 4.78 is 27.0. The predicted molar refractivity (Wildman–Crippen MR) is 138 cm³/mol. The first-order valence-corrected chi connectivity index (χ1v) is 13.0. The minimum atomic E-state index is -1.80. The molecule has 11 N–H and O–H groups in total. The normalized spacial score (nSPS) is 38.8. The molecule has 0 radical (unpaired) electrons. The third-order valence-corrected chi connectivity index (χ3v) is 7.45. The molecule has 15 nitrogen and oxygen atoms in total. The predicted octanol–water partition coefficient (Wildman–Crippen LogP) is -1.65. The van der Waals surface area contributed by atoms with E-state index in [1.165, 1.54) is 43.3 Å². The van der Waals surface area contributed by atoms with E-state index in [0.717, 1.165) is 0 Å². The molecule has 11 unspecified atom stereocenters. The molecule has 0 aromatic heterocycles. The first-order valence-electron chi connectivity index (χ1n) is 13.0. The number of aliphatic hydroxyl groups is 11. The summed E-state index contributed by atoms with van der Waals surface area (Å²) in [5.74, 6) is -2.07. The fraction of sp³-hybridized carbons (Fsp3) is 0.481. The molecule has 4 aliphatic rings. The zero-order valence-electron chi connectivity index (χ0n) is 22.1. The van der Waals surface area contributed by atoms with Crippen molar-refractivity contribution in [3.8, 4) is 5.75 Å². The first kappa shape index (κ1) is 30.1. The van der Waals surface area contributed by atoms with Crippen molar-refractivity contribution < 1.29 is 74.7 Å². The van der Waals surface area contributed by atoms with Gasteiger partial charge in [0.15, 0.2) is 17.8 Å². The van der Waals surface area contributed by atoms with Gasteiger partial charge in [-0.15, -0.1) is 0 Å². The van der Waals surface area contributed by atoms with Crippen molar-refractivity contribution in [1.29, 1.82) is 0 Å². The van der Waals surface area contributed by atoms with Gasteiger partial charge in [0, 0.05) is 6.08 Å². The molecule has 230 valence electrons. The van der Waals surface area contributed by atoms with Crippen LogP contribution in [0.25, 0.3) is 5.76 Å². The zero-order chi connectivity index (χ0) is 30.5. The molecule has 5 rings (SSSR count). The molecule has 1 aromatic carbocycles. The van der Waals surface area contributed by atoms with Gasteiger partial charge < -0.3 is 74.7 Å². The van der Waals surface area contributed by atoms with Crippen LogP contribution in [-0.4, -0.2) is 130 Å². The smallest absolute Gasteiger partial charge is 0.305 e. The van der Waals surface area contributed by atoms with E-state index in [0.29, 0.717) is 5.56 Å². The van der Waals surface area contributed by atoms with Gasteiger partial charge in [-0.2, -0.15) is 0 Å². The molecule has 3 heterocycles. The van der Waals surface area contributed by atoms with Crippen LogP contribution in [0.3, 0.4) is 0 Å². The fourth-order valence-electron chi connectivity index (χ4n) is 4.93. The largest absolute Gasteiger partial charge is 0.571 e. The second-order valence-electron chi connectivity index (χ2n) is 10.3. The van der Waals surface area contributed by atoms with Crippen LogP contribution >= 0.6 is 0 Å². The van der Waals surface area contributed by atoms with E-state index in [2.05, 4.69) is 4.74 Å². The molecule has 42 heavy (non-hydrogen) atoms. The summed E-state index contributed by atoms with van der Waals surface area (Å²) in [4.78, 5) is 0. The van der Waals surface area contributed by atoms with Gasteiger partial charge in [-0.1, -0.05) is 0 Å². The highest BCUT2D eigenvalue weighted by atomic mass is 16.7. The van der Waals surface area contributed by atoms with Crippen molar-refractivity contribution in [2.24, 2.45) is 0 Å². The van der Waals surface area contributed by atoms with Crippen molar-refractivity contribution in [3.63, 3.8) is 0 Å². The monoisotopic (exact) mass is 597 g/mol. The molecular formula is C27H33O15+. The summed E-state index contributed by atoms with van der Waals surface area (Å²) in [6, 6.07) is 5.77. The van der Waals surface area contributed by atoms with Crippen LogP contribution in [0.4, 0.5) is 0 Å². The lowest BCUT2D eigenvalue weighted by atomic mass is 9.96. The molecule has 0 amide bonds. The highest BCUT2D eigenvalue weighted by Crippen LogP contribution is 2.38. The van der Waals surface area contributed by atoms with Crippen LogP contribution in [-0.2, 0) is 18.9 Å². The number of fused-ring (bicyclic) bond motifs is 1. The Morgan fingerprint density at radius 3 is 2.10 bits per heavy atom. The average Bonchev–Trinajstić information content (AvgIpc) is 2.97. The maximum Gasteiger partial charge on any atom is 0.305 e. The lowest BCUT2D eigenvalue weighted by Gasteiger charge is -2.42. The molecule has 11 atom stereocenters. The van der Waals surface area contributed by atoms with Crippen molar-refractivity contribution in [3.05, 3.63) is 70.6 Å². The lowest BCUT2D eigenvalue weighted by molar-refractivity contribution is -0.323. The quantitative estimate of drug-likeness (QED) is 0.165. The van der Waals surface area contributed by atoms with Gasteiger partial charge in [0.2, 0.25) is 23.9 Å². The second-order valence-corrected chi connectivity index (χ2v) is 10.3. The summed E-state index contributed by atoms with van der Waals surface area (Å²) in [5, 5.41) is 102. The van der Waals surface area contributed by atoms with Gasteiger partial charge in [-0.05, 0) is 31.2 Å². The second kappa shape index (κ2) is 11.7. The molecule has 0 bridgehead atoms. The average molecular weight is 598 g/mol. The highest BCUT2D eigenvalue weighted by molar-refractivity contribution is 5.68. The van der Waals surface area contributed by atoms with Gasteiger partial charge >= 0.3 is 5.76 Å². The van der Waals surface area contributed by atoms with Gasteiger partial charge in [-0.3, -0.25) is 0 Å². The van der Waals surface area contributed by atoms with Gasteiger partial charge in [0.05, 0.1) is 29.9 Å². The Morgan fingerprint density at radius 2 is 1.40 bits per heavy atom. The van der Waals surface area contributed by atoms with Crippen molar-refractivity contribution in [2.45, 2.75) is 74.4 Å². The van der Waals surface area contributed by atoms with Crippen molar-refractivity contribution in [2.75, 3.05) is 6.61 Å². The minimum absolute atomic E-state index is 0.0342. The summed E-state index contributed by atoms with van der Waals surface area (Å²) in [7, 11) is 0. The SMILES string of the molecule is CC1OC(OCC2OC(OC3=C(c4ccc(O)cc4)[OH+]C4C=C(O)C(O)=C(O)C4=C3)C(O)C(O)C2O)C(O)C(O)C1O. The Labute approximate surface area is 238 Å².